The van der Waals surface area contributed by atoms with Crippen LogP contribution in [0.2, 0.25) is 10.0 Å². The van der Waals surface area contributed by atoms with Crippen LogP contribution < -0.4 is 10.6 Å². The third kappa shape index (κ3) is 3.29. The zero-order chi connectivity index (χ0) is 12.4. The highest BCUT2D eigenvalue weighted by Crippen LogP contribution is 2.34. The van der Waals surface area contributed by atoms with Gasteiger partial charge in [0, 0.05) is 16.1 Å². The fraction of sp³-hybridized carbons (Fsp3) is 0.300. The molecule has 1 aromatic carbocycles. The van der Waals surface area contributed by atoms with Crippen molar-refractivity contribution < 1.29 is 4.79 Å². The molecule has 7 heteroatoms. The van der Waals surface area contributed by atoms with Gasteiger partial charge < -0.3 is 5.32 Å². The van der Waals surface area contributed by atoms with Crippen LogP contribution >= 0.6 is 50.9 Å². The zero-order valence-corrected chi connectivity index (χ0v) is 12.5. The average Bonchev–Trinajstić information content (AvgIpc) is 2.76. The third-order valence-electron chi connectivity index (χ3n) is 2.29. The number of hydrogen-bond acceptors (Lipinski definition) is 3. The molecule has 0 bridgehead atoms. The highest BCUT2D eigenvalue weighted by molar-refractivity contribution is 9.10. The molecule has 0 radical (unpaired) electrons. The number of amides is 1. The van der Waals surface area contributed by atoms with Gasteiger partial charge in [0.1, 0.15) is 0 Å². The van der Waals surface area contributed by atoms with E-state index in [1.165, 1.54) is 0 Å². The van der Waals surface area contributed by atoms with Gasteiger partial charge in [0.25, 0.3) is 0 Å². The Labute approximate surface area is 122 Å². The molecular weight excluding hydrogens is 347 g/mol. The van der Waals surface area contributed by atoms with Crippen LogP contribution in [0.25, 0.3) is 0 Å². The monoisotopic (exact) mass is 354 g/mol. The molecule has 3 nitrogen and oxygen atoms in total. The molecule has 1 atom stereocenters. The number of carbonyl (C=O) groups excluding carboxylic acids is 1. The summed E-state index contributed by atoms with van der Waals surface area (Å²) in [7, 11) is 0. The molecule has 0 aliphatic carbocycles. The summed E-state index contributed by atoms with van der Waals surface area (Å²) in [6.07, 6.45) is 0. The number of rotatable bonds is 2. The summed E-state index contributed by atoms with van der Waals surface area (Å²) in [6.45, 7) is 0. The van der Waals surface area contributed by atoms with Crippen molar-refractivity contribution in [3.63, 3.8) is 0 Å². The molecule has 2 rings (SSSR count). The van der Waals surface area contributed by atoms with E-state index in [9.17, 15) is 4.79 Å². The molecule has 0 saturated carbocycles. The van der Waals surface area contributed by atoms with Gasteiger partial charge in [-0.05, 0) is 12.1 Å². The van der Waals surface area contributed by atoms with Crippen molar-refractivity contribution in [3.8, 4) is 0 Å². The molecular formula is C10H9BrCl2N2OS. The maximum atomic E-state index is 11.9. The first-order valence-corrected chi connectivity index (χ1v) is 7.55. The molecule has 92 valence electrons. The number of anilines is 1. The van der Waals surface area contributed by atoms with E-state index in [1.807, 2.05) is 0 Å². The van der Waals surface area contributed by atoms with Crippen LogP contribution in [0, 0.1) is 0 Å². The van der Waals surface area contributed by atoms with Crippen LogP contribution in [0.5, 0.6) is 0 Å². The predicted molar refractivity (Wildman–Crippen MR) is 77.0 cm³/mol. The highest BCUT2D eigenvalue weighted by atomic mass is 79.9. The number of benzene rings is 1. The Kier molecular flexibility index (Phi) is 4.60. The number of hydrogen-bond donors (Lipinski definition) is 2. The standard InChI is InChI=1S/C10H9BrCl2N2OS/c11-5-1-6(12)9(7(13)2-5)15-10(16)8-3-17-4-14-8/h1-2,8,14H,3-4H2,(H,15,16). The first-order valence-electron chi connectivity index (χ1n) is 4.84. The van der Waals surface area contributed by atoms with E-state index in [-0.39, 0.29) is 11.9 Å². The second-order valence-corrected chi connectivity index (χ2v) is 6.27. The molecule has 1 saturated heterocycles. The van der Waals surface area contributed by atoms with Crippen LogP contribution in [0.1, 0.15) is 0 Å². The van der Waals surface area contributed by atoms with Crippen molar-refractivity contribution in [2.24, 2.45) is 0 Å². The fourth-order valence-electron chi connectivity index (χ4n) is 1.44. The normalized spacial score (nSPS) is 19.4. The highest BCUT2D eigenvalue weighted by Gasteiger charge is 2.23. The second-order valence-electron chi connectivity index (χ2n) is 3.51. The van der Waals surface area contributed by atoms with E-state index in [2.05, 4.69) is 26.6 Å². The molecule has 0 spiro atoms. The molecule has 1 aromatic rings. The van der Waals surface area contributed by atoms with Crippen molar-refractivity contribution in [1.29, 1.82) is 0 Å². The SMILES string of the molecule is O=C(Nc1c(Cl)cc(Br)cc1Cl)C1CSCN1. The van der Waals surface area contributed by atoms with E-state index in [0.717, 1.165) is 16.1 Å². The first-order chi connectivity index (χ1) is 8.08. The first kappa shape index (κ1) is 13.5. The van der Waals surface area contributed by atoms with Gasteiger partial charge in [-0.25, -0.2) is 0 Å². The largest absolute Gasteiger partial charge is 0.322 e. The van der Waals surface area contributed by atoms with Crippen LogP contribution in [0.3, 0.4) is 0 Å². The molecule has 1 unspecified atom stereocenters. The lowest BCUT2D eigenvalue weighted by molar-refractivity contribution is -0.117. The van der Waals surface area contributed by atoms with Gasteiger partial charge in [0.05, 0.1) is 21.8 Å². The van der Waals surface area contributed by atoms with Gasteiger partial charge >= 0.3 is 0 Å². The van der Waals surface area contributed by atoms with Crippen molar-refractivity contribution in [3.05, 3.63) is 26.7 Å². The van der Waals surface area contributed by atoms with E-state index in [4.69, 9.17) is 23.2 Å². The Balaban J connectivity index is 2.15. The minimum atomic E-state index is -0.184. The molecule has 1 aliphatic heterocycles. The van der Waals surface area contributed by atoms with Crippen molar-refractivity contribution in [1.82, 2.24) is 5.32 Å². The van der Waals surface area contributed by atoms with Gasteiger partial charge in [-0.2, -0.15) is 0 Å². The minimum Gasteiger partial charge on any atom is -0.322 e. The number of carbonyl (C=O) groups is 1. The van der Waals surface area contributed by atoms with Gasteiger partial charge in [0.15, 0.2) is 0 Å². The Morgan fingerprint density at radius 3 is 2.65 bits per heavy atom. The van der Waals surface area contributed by atoms with E-state index in [1.54, 1.807) is 23.9 Å². The predicted octanol–water partition coefficient (Wildman–Crippen LogP) is 3.36. The van der Waals surface area contributed by atoms with Crippen molar-refractivity contribution in [2.45, 2.75) is 6.04 Å². The lowest BCUT2D eigenvalue weighted by Crippen LogP contribution is -2.37. The summed E-state index contributed by atoms with van der Waals surface area (Å²) in [5, 5.41) is 6.67. The Hall–Kier alpha value is 0.0600. The van der Waals surface area contributed by atoms with Gasteiger partial charge in [-0.15, -0.1) is 11.8 Å². The van der Waals surface area contributed by atoms with Gasteiger partial charge in [-0.3, -0.25) is 10.1 Å². The Morgan fingerprint density at radius 1 is 1.47 bits per heavy atom. The van der Waals surface area contributed by atoms with E-state index in [0.29, 0.717) is 15.7 Å². The number of thioether (sulfide) groups is 1. The maximum Gasteiger partial charge on any atom is 0.242 e. The van der Waals surface area contributed by atoms with Crippen molar-refractivity contribution >= 4 is 62.5 Å². The molecule has 1 aliphatic rings. The van der Waals surface area contributed by atoms with E-state index < -0.39 is 0 Å². The van der Waals surface area contributed by atoms with Crippen LogP contribution in [-0.4, -0.2) is 23.6 Å². The Morgan fingerprint density at radius 2 is 2.12 bits per heavy atom. The average molecular weight is 356 g/mol. The smallest absolute Gasteiger partial charge is 0.242 e. The Bertz CT molecular complexity index is 429. The molecule has 0 aromatic heterocycles. The second kappa shape index (κ2) is 5.80. The lowest BCUT2D eigenvalue weighted by atomic mass is 10.2. The molecule has 1 amide bonds. The van der Waals surface area contributed by atoms with Gasteiger partial charge in [-0.1, -0.05) is 39.1 Å². The van der Waals surface area contributed by atoms with Gasteiger partial charge in [0.2, 0.25) is 5.91 Å². The summed E-state index contributed by atoms with van der Waals surface area (Å²) >= 11 is 17.0. The summed E-state index contributed by atoms with van der Waals surface area (Å²) in [5.41, 5.74) is 0.459. The third-order valence-corrected chi connectivity index (χ3v) is 4.28. The summed E-state index contributed by atoms with van der Waals surface area (Å²) in [4.78, 5) is 11.9. The maximum absolute atomic E-state index is 11.9. The van der Waals surface area contributed by atoms with Crippen LogP contribution in [-0.2, 0) is 4.79 Å². The summed E-state index contributed by atoms with van der Waals surface area (Å²) in [6, 6.07) is 3.20. The minimum absolute atomic E-state index is 0.110. The summed E-state index contributed by atoms with van der Waals surface area (Å²) in [5.74, 6) is 1.44. The zero-order valence-electron chi connectivity index (χ0n) is 8.60. The molecule has 17 heavy (non-hydrogen) atoms. The summed E-state index contributed by atoms with van der Waals surface area (Å²) < 4.78 is 0.778. The van der Waals surface area contributed by atoms with Crippen LogP contribution in [0.4, 0.5) is 5.69 Å². The molecule has 1 fully saturated rings. The quantitative estimate of drug-likeness (QED) is 0.854. The molecule has 2 N–H and O–H groups in total. The van der Waals surface area contributed by atoms with Crippen molar-refractivity contribution in [2.75, 3.05) is 16.9 Å². The lowest BCUT2D eigenvalue weighted by Gasteiger charge is -2.13. The number of nitrogens with one attached hydrogen (secondary N) is 2. The topological polar surface area (TPSA) is 41.1 Å². The fourth-order valence-corrected chi connectivity index (χ4v) is 3.68. The van der Waals surface area contributed by atoms with Crippen LogP contribution in [0.15, 0.2) is 16.6 Å². The number of halogens is 3. The molecule has 1 heterocycles. The van der Waals surface area contributed by atoms with E-state index >= 15 is 0 Å².